The number of nitrogens with two attached hydrogens (primary N) is 1. The smallest absolute Gasteiger partial charge is 0.239 e. The number of aliphatic imine (C=N–C) groups is 1. The second-order valence-corrected chi connectivity index (χ2v) is 6.25. The number of nitrogens with zero attached hydrogens (tertiary/aromatic N) is 3. The van der Waals surface area contributed by atoms with Crippen molar-refractivity contribution in [3.8, 4) is 0 Å². The number of pyridine rings is 2. The van der Waals surface area contributed by atoms with Gasteiger partial charge in [0.05, 0.1) is 0 Å². The molecule has 128 valence electrons. The lowest BCUT2D eigenvalue weighted by molar-refractivity contribution is -0.120. The summed E-state index contributed by atoms with van der Waals surface area (Å²) in [7, 11) is 0. The van der Waals surface area contributed by atoms with E-state index in [-0.39, 0.29) is 5.41 Å². The third-order valence-electron chi connectivity index (χ3n) is 4.29. The number of dihydropyridines is 1. The first-order chi connectivity index (χ1) is 12.2. The van der Waals surface area contributed by atoms with Crippen molar-refractivity contribution in [3.63, 3.8) is 0 Å². The van der Waals surface area contributed by atoms with Gasteiger partial charge in [-0.05, 0) is 35.8 Å². The number of primary amides is 1. The molecule has 1 aliphatic heterocycles. The van der Waals surface area contributed by atoms with Gasteiger partial charge in [0.2, 0.25) is 5.91 Å². The van der Waals surface area contributed by atoms with Crippen LogP contribution in [0.4, 0.5) is 0 Å². The van der Waals surface area contributed by atoms with Crippen molar-refractivity contribution in [2.75, 3.05) is 13.1 Å². The first-order valence-corrected chi connectivity index (χ1v) is 8.18. The average Bonchev–Trinajstić information content (AvgIpc) is 2.64. The third kappa shape index (κ3) is 4.36. The van der Waals surface area contributed by atoms with Crippen LogP contribution in [0.25, 0.3) is 0 Å². The lowest BCUT2D eigenvalue weighted by atomic mass is 9.80. The normalized spacial score (nSPS) is 20.3. The van der Waals surface area contributed by atoms with Crippen LogP contribution in [0, 0.1) is 5.41 Å². The van der Waals surface area contributed by atoms with E-state index in [0.29, 0.717) is 13.1 Å². The van der Waals surface area contributed by atoms with E-state index in [1.165, 1.54) is 0 Å². The lowest BCUT2D eigenvalue weighted by Crippen LogP contribution is -2.43. The van der Waals surface area contributed by atoms with Crippen molar-refractivity contribution in [1.29, 1.82) is 0 Å². The van der Waals surface area contributed by atoms with Crippen LogP contribution in [-0.2, 0) is 11.2 Å². The lowest BCUT2D eigenvalue weighted by Gasteiger charge is -2.32. The summed E-state index contributed by atoms with van der Waals surface area (Å²) in [5.74, 6) is -0.423. The van der Waals surface area contributed by atoms with Crippen LogP contribution in [-0.4, -0.2) is 35.2 Å². The Hall–Kier alpha value is -2.86. The van der Waals surface area contributed by atoms with Gasteiger partial charge in [-0.25, -0.2) is 0 Å². The number of allylic oxidation sites excluding steroid dienone is 1. The SMILES string of the molecule is NC(=O)C(NCC1(Cc2cccnc2)C=CC=NC1)c1cccnc1. The number of carbonyl (C=O) groups excluding carboxylic acids is 1. The summed E-state index contributed by atoms with van der Waals surface area (Å²) in [5, 5.41) is 3.31. The molecule has 0 saturated carbocycles. The number of rotatable bonds is 7. The fourth-order valence-corrected chi connectivity index (χ4v) is 3.03. The largest absolute Gasteiger partial charge is 0.368 e. The number of amides is 1. The third-order valence-corrected chi connectivity index (χ3v) is 4.29. The predicted molar refractivity (Wildman–Crippen MR) is 97.0 cm³/mol. The Balaban J connectivity index is 1.77. The summed E-state index contributed by atoms with van der Waals surface area (Å²) in [6, 6.07) is 7.03. The minimum absolute atomic E-state index is 0.228. The van der Waals surface area contributed by atoms with Crippen molar-refractivity contribution in [2.45, 2.75) is 12.5 Å². The maximum Gasteiger partial charge on any atom is 0.239 e. The topological polar surface area (TPSA) is 93.3 Å². The standard InChI is InChI=1S/C19H21N5O/c20-18(25)17(16-5-2-8-22-12-16)24-14-19(6-3-9-23-13-19)10-15-4-1-7-21-11-15/h1-9,11-12,17,24H,10,13-14H2,(H2,20,25). The number of nitrogens with one attached hydrogen (secondary N) is 1. The van der Waals surface area contributed by atoms with Crippen LogP contribution >= 0.6 is 0 Å². The number of hydrogen-bond donors (Lipinski definition) is 2. The van der Waals surface area contributed by atoms with E-state index < -0.39 is 11.9 Å². The highest BCUT2D eigenvalue weighted by atomic mass is 16.1. The Labute approximate surface area is 146 Å². The van der Waals surface area contributed by atoms with Crippen LogP contribution in [0.2, 0.25) is 0 Å². The molecule has 3 N–H and O–H groups in total. The van der Waals surface area contributed by atoms with E-state index in [0.717, 1.165) is 17.5 Å². The fourth-order valence-electron chi connectivity index (χ4n) is 3.03. The van der Waals surface area contributed by atoms with E-state index in [1.54, 1.807) is 30.9 Å². The van der Waals surface area contributed by atoms with Gasteiger partial charge in [0, 0.05) is 49.5 Å². The predicted octanol–water partition coefficient (Wildman–Crippen LogP) is 1.46. The van der Waals surface area contributed by atoms with Crippen LogP contribution in [0.15, 0.2) is 66.2 Å². The number of carbonyl (C=O) groups is 1. The Morgan fingerprint density at radius 2 is 2.04 bits per heavy atom. The fraction of sp³-hybridized carbons (Fsp3) is 0.263. The zero-order valence-corrected chi connectivity index (χ0v) is 13.9. The second kappa shape index (κ2) is 7.81. The van der Waals surface area contributed by atoms with Gasteiger partial charge in [-0.2, -0.15) is 0 Å². The molecule has 0 aromatic carbocycles. The molecule has 6 nitrogen and oxygen atoms in total. The van der Waals surface area contributed by atoms with Gasteiger partial charge in [-0.1, -0.05) is 18.2 Å². The highest BCUT2D eigenvalue weighted by Crippen LogP contribution is 2.27. The van der Waals surface area contributed by atoms with Gasteiger partial charge >= 0.3 is 0 Å². The van der Waals surface area contributed by atoms with Crippen molar-refractivity contribution < 1.29 is 4.79 Å². The maximum atomic E-state index is 11.9. The van der Waals surface area contributed by atoms with E-state index in [4.69, 9.17) is 5.73 Å². The van der Waals surface area contributed by atoms with Crippen LogP contribution in [0.1, 0.15) is 17.2 Å². The Kier molecular flexibility index (Phi) is 5.30. The quantitative estimate of drug-likeness (QED) is 0.801. The highest BCUT2D eigenvalue weighted by molar-refractivity contribution is 5.81. The summed E-state index contributed by atoms with van der Waals surface area (Å²) in [6.07, 6.45) is 13.6. The monoisotopic (exact) mass is 335 g/mol. The van der Waals surface area contributed by atoms with Gasteiger partial charge < -0.3 is 11.1 Å². The van der Waals surface area contributed by atoms with Crippen molar-refractivity contribution in [3.05, 3.63) is 72.3 Å². The van der Waals surface area contributed by atoms with Gasteiger partial charge in [0.15, 0.2) is 0 Å². The Morgan fingerprint density at radius 3 is 2.64 bits per heavy atom. The minimum atomic E-state index is -0.584. The molecule has 1 amide bonds. The van der Waals surface area contributed by atoms with Crippen LogP contribution < -0.4 is 11.1 Å². The highest BCUT2D eigenvalue weighted by Gasteiger charge is 2.30. The zero-order chi connectivity index (χ0) is 17.5. The van der Waals surface area contributed by atoms with Crippen LogP contribution in [0.5, 0.6) is 0 Å². The number of hydrogen-bond acceptors (Lipinski definition) is 5. The molecule has 2 atom stereocenters. The summed E-state index contributed by atoms with van der Waals surface area (Å²) in [5.41, 5.74) is 7.25. The Bertz CT molecular complexity index is 760. The molecule has 6 heteroatoms. The average molecular weight is 335 g/mol. The summed E-state index contributed by atoms with van der Waals surface area (Å²) < 4.78 is 0. The molecule has 0 radical (unpaired) electrons. The summed E-state index contributed by atoms with van der Waals surface area (Å²) >= 11 is 0. The van der Waals surface area contributed by atoms with Gasteiger partial charge in [-0.15, -0.1) is 0 Å². The Morgan fingerprint density at radius 1 is 1.24 bits per heavy atom. The molecule has 1 aliphatic rings. The molecular weight excluding hydrogens is 314 g/mol. The first-order valence-electron chi connectivity index (χ1n) is 8.18. The number of aromatic nitrogens is 2. The molecule has 0 saturated heterocycles. The van der Waals surface area contributed by atoms with Crippen molar-refractivity contribution in [2.24, 2.45) is 16.1 Å². The van der Waals surface area contributed by atoms with Crippen molar-refractivity contribution in [1.82, 2.24) is 15.3 Å². The van der Waals surface area contributed by atoms with Gasteiger partial charge in [-0.3, -0.25) is 19.8 Å². The molecular formula is C19H21N5O. The van der Waals surface area contributed by atoms with E-state index in [9.17, 15) is 4.79 Å². The molecule has 2 aromatic rings. The molecule has 0 spiro atoms. The van der Waals surface area contributed by atoms with Crippen LogP contribution in [0.3, 0.4) is 0 Å². The molecule has 2 unspecified atom stereocenters. The zero-order valence-electron chi connectivity index (χ0n) is 13.9. The van der Waals surface area contributed by atoms with Gasteiger partial charge in [0.25, 0.3) is 0 Å². The second-order valence-electron chi connectivity index (χ2n) is 6.25. The van der Waals surface area contributed by atoms with E-state index in [1.807, 2.05) is 30.5 Å². The van der Waals surface area contributed by atoms with Gasteiger partial charge in [0.1, 0.15) is 6.04 Å². The minimum Gasteiger partial charge on any atom is -0.368 e. The molecule has 2 aromatic heterocycles. The molecule has 3 rings (SSSR count). The van der Waals surface area contributed by atoms with Crippen molar-refractivity contribution >= 4 is 12.1 Å². The molecule has 25 heavy (non-hydrogen) atoms. The molecule has 0 fully saturated rings. The molecule has 0 aliphatic carbocycles. The first kappa shape index (κ1) is 17.0. The maximum absolute atomic E-state index is 11.9. The summed E-state index contributed by atoms with van der Waals surface area (Å²) in [4.78, 5) is 24.6. The van der Waals surface area contributed by atoms with E-state index in [2.05, 4.69) is 26.4 Å². The van der Waals surface area contributed by atoms with E-state index >= 15 is 0 Å². The molecule has 3 heterocycles. The summed E-state index contributed by atoms with van der Waals surface area (Å²) in [6.45, 7) is 1.21. The molecule has 0 bridgehead atoms.